The second kappa shape index (κ2) is 8.10. The number of fused-ring (bicyclic) bond motifs is 1. The van der Waals surface area contributed by atoms with E-state index in [1.807, 2.05) is 37.4 Å². The van der Waals surface area contributed by atoms with E-state index in [1.165, 1.54) is 0 Å². The number of likely N-dealkylation sites (tertiary alicyclic amines) is 1. The third-order valence-electron chi connectivity index (χ3n) is 5.59. The second-order valence-electron chi connectivity index (χ2n) is 7.92. The van der Waals surface area contributed by atoms with Crippen molar-refractivity contribution in [1.82, 2.24) is 15.5 Å². The summed E-state index contributed by atoms with van der Waals surface area (Å²) < 4.78 is 6.17. The fourth-order valence-electron chi connectivity index (χ4n) is 3.92. The first-order chi connectivity index (χ1) is 14.3. The van der Waals surface area contributed by atoms with Crippen LogP contribution in [0.25, 0.3) is 0 Å². The first-order valence-corrected chi connectivity index (χ1v) is 11.0. The molecule has 8 heteroatoms. The molecule has 2 N–H and O–H groups in total. The van der Waals surface area contributed by atoms with Crippen LogP contribution in [0.5, 0.6) is 5.75 Å². The number of rotatable bonds is 4. The lowest BCUT2D eigenvalue weighted by molar-refractivity contribution is -0.135. The van der Waals surface area contributed by atoms with Crippen LogP contribution in [0.15, 0.2) is 35.7 Å². The number of carbonyl (C=O) groups is 3. The van der Waals surface area contributed by atoms with Gasteiger partial charge in [0.2, 0.25) is 11.8 Å². The molecule has 30 heavy (non-hydrogen) atoms. The highest BCUT2D eigenvalue weighted by atomic mass is 32.1. The summed E-state index contributed by atoms with van der Waals surface area (Å²) in [7, 11) is 0. The highest BCUT2D eigenvalue weighted by Gasteiger charge is 2.42. The molecule has 1 aromatic carbocycles. The molecule has 2 unspecified atom stereocenters. The van der Waals surface area contributed by atoms with Crippen molar-refractivity contribution in [3.63, 3.8) is 0 Å². The Morgan fingerprint density at radius 2 is 2.17 bits per heavy atom. The van der Waals surface area contributed by atoms with Gasteiger partial charge in [0.25, 0.3) is 5.91 Å². The van der Waals surface area contributed by atoms with Gasteiger partial charge in [0.15, 0.2) is 5.72 Å². The number of amides is 3. The number of nitrogens with zero attached hydrogens (tertiary/aromatic N) is 1. The Balaban J connectivity index is 1.41. The lowest BCUT2D eigenvalue weighted by Crippen LogP contribution is -2.56. The standard InChI is InChI=1S/C22H25N3O4S/c1-14-5-6-17-16(12-14)21(28)24-22(29-17)8-7-20(27)25(10-9-22)13-19(26)23-15(2)18-4-3-11-30-18/h3-6,11-12,15H,7-10,13H2,1-2H3,(H,23,26)(H,24,28). The molecule has 7 nitrogen and oxygen atoms in total. The maximum atomic E-state index is 12.6. The van der Waals surface area contributed by atoms with E-state index in [-0.39, 0.29) is 36.7 Å². The van der Waals surface area contributed by atoms with Crippen LogP contribution in [0.3, 0.4) is 0 Å². The molecule has 4 rings (SSSR count). The number of hydrogen-bond acceptors (Lipinski definition) is 5. The first-order valence-electron chi connectivity index (χ1n) is 10.1. The first kappa shape index (κ1) is 20.4. The predicted molar refractivity (Wildman–Crippen MR) is 113 cm³/mol. The number of thiophene rings is 1. The minimum atomic E-state index is -0.926. The zero-order valence-corrected chi connectivity index (χ0v) is 17.9. The van der Waals surface area contributed by atoms with Crippen LogP contribution in [0.2, 0.25) is 0 Å². The van der Waals surface area contributed by atoms with Gasteiger partial charge in [-0.05, 0) is 37.4 Å². The minimum absolute atomic E-state index is 0.00560. The monoisotopic (exact) mass is 427 g/mol. The molecule has 0 saturated carbocycles. The molecule has 3 heterocycles. The van der Waals surface area contributed by atoms with Crippen LogP contribution in [0.4, 0.5) is 0 Å². The SMILES string of the molecule is Cc1ccc2c(c1)C(=O)NC1(CCC(=O)N(CC(=O)NC(C)c3cccs3)CC1)O2. The van der Waals surface area contributed by atoms with Crippen LogP contribution in [-0.2, 0) is 9.59 Å². The van der Waals surface area contributed by atoms with E-state index < -0.39 is 5.72 Å². The average molecular weight is 428 g/mol. The summed E-state index contributed by atoms with van der Waals surface area (Å²) in [5.41, 5.74) is 0.563. The summed E-state index contributed by atoms with van der Waals surface area (Å²) in [5, 5.41) is 7.87. The van der Waals surface area contributed by atoms with Gasteiger partial charge in [-0.1, -0.05) is 17.7 Å². The Labute approximate surface area is 179 Å². The predicted octanol–water partition coefficient (Wildman–Crippen LogP) is 2.76. The lowest BCUT2D eigenvalue weighted by Gasteiger charge is -2.38. The van der Waals surface area contributed by atoms with Gasteiger partial charge in [-0.3, -0.25) is 14.4 Å². The third kappa shape index (κ3) is 4.18. The van der Waals surface area contributed by atoms with Gasteiger partial charge in [-0.25, -0.2) is 0 Å². The van der Waals surface area contributed by atoms with E-state index in [1.54, 1.807) is 28.4 Å². The van der Waals surface area contributed by atoms with E-state index in [0.29, 0.717) is 30.7 Å². The van der Waals surface area contributed by atoms with Crippen molar-refractivity contribution in [2.75, 3.05) is 13.1 Å². The highest BCUT2D eigenvalue weighted by Crippen LogP contribution is 2.34. The Morgan fingerprint density at radius 1 is 1.33 bits per heavy atom. The van der Waals surface area contributed by atoms with E-state index in [2.05, 4.69) is 10.6 Å². The van der Waals surface area contributed by atoms with Gasteiger partial charge in [0, 0.05) is 30.7 Å². The van der Waals surface area contributed by atoms with Crippen LogP contribution in [0.1, 0.15) is 53.0 Å². The van der Waals surface area contributed by atoms with Crippen molar-refractivity contribution in [2.24, 2.45) is 0 Å². The molecule has 1 saturated heterocycles. The molecule has 1 fully saturated rings. The molecule has 0 aliphatic carbocycles. The van der Waals surface area contributed by atoms with Gasteiger partial charge in [0.05, 0.1) is 18.2 Å². The largest absolute Gasteiger partial charge is 0.467 e. The van der Waals surface area contributed by atoms with Crippen LogP contribution < -0.4 is 15.4 Å². The molecule has 158 valence electrons. The normalized spacial score (nSPS) is 22.0. The average Bonchev–Trinajstić information content (AvgIpc) is 3.21. The zero-order chi connectivity index (χ0) is 21.3. The van der Waals surface area contributed by atoms with Gasteiger partial charge in [0.1, 0.15) is 5.75 Å². The molecule has 2 atom stereocenters. The number of ether oxygens (including phenoxy) is 1. The Hall–Kier alpha value is -2.87. The van der Waals surface area contributed by atoms with Gasteiger partial charge >= 0.3 is 0 Å². The molecule has 2 aliphatic heterocycles. The van der Waals surface area contributed by atoms with Crippen LogP contribution in [0, 0.1) is 6.92 Å². The summed E-state index contributed by atoms with van der Waals surface area (Å²) in [6.07, 6.45) is 0.995. The van der Waals surface area contributed by atoms with Crippen LogP contribution >= 0.6 is 11.3 Å². The molecule has 3 amide bonds. The molecular weight excluding hydrogens is 402 g/mol. The summed E-state index contributed by atoms with van der Waals surface area (Å²) >= 11 is 1.58. The molecule has 2 aliphatic rings. The molecular formula is C22H25N3O4S. The number of hydrogen-bond donors (Lipinski definition) is 2. The van der Waals surface area contributed by atoms with Gasteiger partial charge in [-0.2, -0.15) is 0 Å². The number of benzene rings is 1. The van der Waals surface area contributed by atoms with Crippen molar-refractivity contribution in [1.29, 1.82) is 0 Å². The topological polar surface area (TPSA) is 87.7 Å². The summed E-state index contributed by atoms with van der Waals surface area (Å²) in [5.74, 6) is 0.0316. The second-order valence-corrected chi connectivity index (χ2v) is 8.90. The number of carbonyl (C=O) groups excluding carboxylic acids is 3. The maximum Gasteiger partial charge on any atom is 0.258 e. The highest BCUT2D eigenvalue weighted by molar-refractivity contribution is 7.10. The Morgan fingerprint density at radius 3 is 2.93 bits per heavy atom. The lowest BCUT2D eigenvalue weighted by atomic mass is 9.99. The van der Waals surface area contributed by atoms with E-state index in [4.69, 9.17) is 4.74 Å². The van der Waals surface area contributed by atoms with E-state index >= 15 is 0 Å². The fraction of sp³-hybridized carbons (Fsp3) is 0.409. The smallest absolute Gasteiger partial charge is 0.258 e. The molecule has 0 bridgehead atoms. The van der Waals surface area contributed by atoms with Crippen molar-refractivity contribution >= 4 is 29.1 Å². The number of nitrogens with one attached hydrogen (secondary N) is 2. The van der Waals surface area contributed by atoms with E-state index in [0.717, 1.165) is 10.4 Å². The number of aryl methyl sites for hydroxylation is 1. The molecule has 1 spiro atoms. The maximum absolute atomic E-state index is 12.6. The van der Waals surface area contributed by atoms with Crippen molar-refractivity contribution in [3.8, 4) is 5.75 Å². The fourth-order valence-corrected chi connectivity index (χ4v) is 4.65. The molecule has 0 radical (unpaired) electrons. The van der Waals surface area contributed by atoms with Crippen LogP contribution in [-0.4, -0.2) is 41.4 Å². The summed E-state index contributed by atoms with van der Waals surface area (Å²) in [4.78, 5) is 40.4. The van der Waals surface area contributed by atoms with Gasteiger partial charge in [-0.15, -0.1) is 11.3 Å². The molecule has 1 aromatic heterocycles. The quantitative estimate of drug-likeness (QED) is 0.786. The Bertz CT molecular complexity index is 975. The van der Waals surface area contributed by atoms with Crippen molar-refractivity contribution in [3.05, 3.63) is 51.7 Å². The van der Waals surface area contributed by atoms with Crippen molar-refractivity contribution in [2.45, 2.75) is 44.9 Å². The summed E-state index contributed by atoms with van der Waals surface area (Å²) in [6, 6.07) is 9.31. The minimum Gasteiger partial charge on any atom is -0.467 e. The zero-order valence-electron chi connectivity index (χ0n) is 17.1. The molecule has 2 aromatic rings. The van der Waals surface area contributed by atoms with Crippen molar-refractivity contribution < 1.29 is 19.1 Å². The van der Waals surface area contributed by atoms with Gasteiger partial charge < -0.3 is 20.3 Å². The Kier molecular flexibility index (Phi) is 5.51. The van der Waals surface area contributed by atoms with E-state index in [9.17, 15) is 14.4 Å². The third-order valence-corrected chi connectivity index (χ3v) is 6.64. The summed E-state index contributed by atoms with van der Waals surface area (Å²) in [6.45, 7) is 4.17.